The number of benzene rings is 1. The number of halogens is 5. The van der Waals surface area contributed by atoms with Gasteiger partial charge in [-0.3, -0.25) is 19.1 Å². The molecule has 2 N–H and O–H groups in total. The van der Waals surface area contributed by atoms with E-state index in [1.165, 1.54) is 22.8 Å². The highest BCUT2D eigenvalue weighted by molar-refractivity contribution is 6.38. The Bertz CT molecular complexity index is 1840. The lowest BCUT2D eigenvalue weighted by Gasteiger charge is -2.36. The van der Waals surface area contributed by atoms with Crippen molar-refractivity contribution in [1.82, 2.24) is 19.4 Å². The quantitative estimate of drug-likeness (QED) is 0.125. The first kappa shape index (κ1) is 30.4. The van der Waals surface area contributed by atoms with Gasteiger partial charge in [0.1, 0.15) is 5.65 Å². The topological polar surface area (TPSA) is 97.4 Å². The highest BCUT2D eigenvalue weighted by atomic mass is 35.5. The molecule has 0 saturated carbocycles. The number of rotatable bonds is 5. The lowest BCUT2D eigenvalue weighted by molar-refractivity contribution is -0.126. The summed E-state index contributed by atoms with van der Waals surface area (Å²) in [6, 6.07) is 4.66. The number of hydrogen-bond acceptors (Lipinski definition) is 6. The van der Waals surface area contributed by atoms with Gasteiger partial charge in [-0.15, -0.1) is 0 Å². The normalized spacial score (nSPS) is 13.7. The summed E-state index contributed by atoms with van der Waals surface area (Å²) in [6.07, 6.45) is 2.88. The molecule has 43 heavy (non-hydrogen) atoms. The van der Waals surface area contributed by atoms with Crippen LogP contribution in [0.5, 0.6) is 0 Å². The smallest absolute Gasteiger partial charge is 0.258 e. The first-order chi connectivity index (χ1) is 20.4. The van der Waals surface area contributed by atoms with Gasteiger partial charge in [0.2, 0.25) is 5.91 Å². The predicted molar refractivity (Wildman–Crippen MR) is 163 cm³/mol. The fraction of sp³-hybridized carbons (Fsp3) is 0.267. The number of hydrogen-bond donors (Lipinski definition) is 1. The van der Waals surface area contributed by atoms with Crippen LogP contribution in [0.15, 0.2) is 41.8 Å². The lowest BCUT2D eigenvalue weighted by atomic mass is 10.0. The predicted octanol–water partition coefficient (Wildman–Crippen LogP) is 6.02. The summed E-state index contributed by atoms with van der Waals surface area (Å²) in [4.78, 5) is 38.8. The van der Waals surface area contributed by atoms with Gasteiger partial charge >= 0.3 is 0 Å². The largest absolute Gasteiger partial charge is 0.395 e. The minimum Gasteiger partial charge on any atom is -0.395 e. The van der Waals surface area contributed by atoms with E-state index < -0.39 is 39.3 Å². The third-order valence-electron chi connectivity index (χ3n) is 7.49. The van der Waals surface area contributed by atoms with Gasteiger partial charge in [0, 0.05) is 43.8 Å². The minimum absolute atomic E-state index is 0.0586. The summed E-state index contributed by atoms with van der Waals surface area (Å²) in [7, 11) is 0. The number of nitrogen functional groups attached to an aromatic ring is 1. The summed E-state index contributed by atoms with van der Waals surface area (Å²) in [5, 5.41) is -0.335. The van der Waals surface area contributed by atoms with Crippen LogP contribution >= 0.6 is 23.2 Å². The highest BCUT2D eigenvalue weighted by Gasteiger charge is 2.29. The molecule has 5 rings (SSSR count). The van der Waals surface area contributed by atoms with Crippen molar-refractivity contribution in [3.8, 4) is 16.9 Å². The number of carbonyl (C=O) groups excluding carboxylic acids is 1. The molecule has 4 aromatic rings. The minimum atomic E-state index is -1.84. The number of aryl methyl sites for hydroxylation is 1. The van der Waals surface area contributed by atoms with Crippen molar-refractivity contribution in [1.29, 1.82) is 0 Å². The molecule has 4 heterocycles. The summed E-state index contributed by atoms with van der Waals surface area (Å²) >= 11 is 12.9. The van der Waals surface area contributed by atoms with Gasteiger partial charge < -0.3 is 15.5 Å². The third-order valence-corrected chi connectivity index (χ3v) is 8.17. The second-order valence-electron chi connectivity index (χ2n) is 10.5. The molecule has 0 spiro atoms. The average Bonchev–Trinajstić information content (AvgIpc) is 2.99. The van der Waals surface area contributed by atoms with Gasteiger partial charge in [0.15, 0.2) is 17.5 Å². The zero-order valence-corrected chi connectivity index (χ0v) is 25.0. The molecule has 1 amide bonds. The third kappa shape index (κ3) is 5.10. The molecule has 13 heteroatoms. The SMILES string of the molecule is C=CC(=O)N1CCN(c2cc(=O)n(-c3c(C)ccnc3C(C)C)c3nc(-c4c(F)c(F)c(F)c(N)c4Cl)c(Cl)cc23)CC1. The van der Waals surface area contributed by atoms with Crippen LogP contribution in [0.1, 0.15) is 31.0 Å². The maximum absolute atomic E-state index is 15.2. The number of fused-ring (bicyclic) bond motifs is 1. The van der Waals surface area contributed by atoms with E-state index in [4.69, 9.17) is 28.9 Å². The molecule has 1 saturated heterocycles. The molecular weight excluding hydrogens is 604 g/mol. The Balaban J connectivity index is 1.85. The van der Waals surface area contributed by atoms with Gasteiger partial charge in [-0.1, -0.05) is 43.6 Å². The highest BCUT2D eigenvalue weighted by Crippen LogP contribution is 2.42. The van der Waals surface area contributed by atoms with Gasteiger partial charge in [0.25, 0.3) is 5.56 Å². The Labute approximate surface area is 255 Å². The number of amides is 1. The Morgan fingerprint density at radius 2 is 1.77 bits per heavy atom. The first-order valence-electron chi connectivity index (χ1n) is 13.4. The number of nitrogens with zero attached hydrogens (tertiary/aromatic N) is 5. The molecule has 1 aliphatic heterocycles. The van der Waals surface area contributed by atoms with Crippen LogP contribution in [0, 0.1) is 24.4 Å². The Kier molecular flexibility index (Phi) is 8.15. The second kappa shape index (κ2) is 11.5. The maximum atomic E-state index is 15.2. The van der Waals surface area contributed by atoms with Crippen LogP contribution in [-0.2, 0) is 4.79 Å². The van der Waals surface area contributed by atoms with Crippen molar-refractivity contribution in [2.75, 3.05) is 36.8 Å². The summed E-state index contributed by atoms with van der Waals surface area (Å²) in [5.41, 5.74) is 5.72. The van der Waals surface area contributed by atoms with E-state index in [1.54, 1.807) is 17.2 Å². The van der Waals surface area contributed by atoms with E-state index in [9.17, 15) is 18.4 Å². The van der Waals surface area contributed by atoms with Crippen LogP contribution in [0.2, 0.25) is 10.0 Å². The van der Waals surface area contributed by atoms with E-state index in [0.29, 0.717) is 54.2 Å². The van der Waals surface area contributed by atoms with E-state index in [1.807, 2.05) is 25.7 Å². The number of nitrogens with two attached hydrogens (primary N) is 1. The summed E-state index contributed by atoms with van der Waals surface area (Å²) < 4.78 is 45.3. The number of piperazine rings is 1. The number of carbonyl (C=O) groups is 1. The molecule has 0 aliphatic carbocycles. The van der Waals surface area contributed by atoms with Crippen LogP contribution in [0.4, 0.5) is 24.5 Å². The summed E-state index contributed by atoms with van der Waals surface area (Å²) in [5.74, 6) is -5.40. The van der Waals surface area contributed by atoms with Crippen molar-refractivity contribution in [3.63, 3.8) is 0 Å². The Hall–Kier alpha value is -4.09. The molecular formula is C30H27Cl2F3N6O2. The van der Waals surface area contributed by atoms with Gasteiger partial charge in [-0.25, -0.2) is 18.2 Å². The maximum Gasteiger partial charge on any atom is 0.258 e. The Morgan fingerprint density at radius 1 is 1.09 bits per heavy atom. The fourth-order valence-corrected chi connectivity index (χ4v) is 5.80. The zero-order chi connectivity index (χ0) is 31.3. The fourth-order valence-electron chi connectivity index (χ4n) is 5.30. The molecule has 0 atom stereocenters. The number of anilines is 2. The van der Waals surface area contributed by atoms with Crippen LogP contribution in [-0.4, -0.2) is 51.5 Å². The van der Waals surface area contributed by atoms with Crippen molar-refractivity contribution in [3.05, 3.63) is 86.2 Å². The lowest BCUT2D eigenvalue weighted by Crippen LogP contribution is -2.48. The Morgan fingerprint density at radius 3 is 2.40 bits per heavy atom. The molecule has 1 aliphatic rings. The molecule has 3 aromatic heterocycles. The molecule has 1 aromatic carbocycles. The van der Waals surface area contributed by atoms with E-state index in [0.717, 1.165) is 0 Å². The number of aromatic nitrogens is 3. The van der Waals surface area contributed by atoms with Crippen LogP contribution in [0.3, 0.4) is 0 Å². The standard InChI is InChI=1S/C30H27Cl2F3N6O2/c1-5-19(42)40-10-8-39(9-11-40)18-13-20(43)41(29-15(4)6-7-37-27(29)14(2)3)30-16(18)12-17(31)28(38-30)21-22(32)26(36)25(35)24(34)23(21)33/h5-7,12-14H,1,8-11,36H2,2-4H3. The molecule has 0 radical (unpaired) electrons. The van der Waals surface area contributed by atoms with Crippen molar-refractivity contribution in [2.24, 2.45) is 0 Å². The molecule has 0 unspecified atom stereocenters. The molecule has 1 fully saturated rings. The zero-order valence-electron chi connectivity index (χ0n) is 23.5. The second-order valence-corrected chi connectivity index (χ2v) is 11.3. The molecule has 0 bridgehead atoms. The first-order valence-corrected chi connectivity index (χ1v) is 14.1. The van der Waals surface area contributed by atoms with E-state index in [-0.39, 0.29) is 28.2 Å². The van der Waals surface area contributed by atoms with Gasteiger partial charge in [0.05, 0.1) is 44.1 Å². The monoisotopic (exact) mass is 630 g/mol. The molecule has 224 valence electrons. The van der Waals surface area contributed by atoms with Gasteiger partial charge in [-0.2, -0.15) is 0 Å². The van der Waals surface area contributed by atoms with Crippen LogP contribution in [0.25, 0.3) is 28.0 Å². The van der Waals surface area contributed by atoms with Crippen molar-refractivity contribution in [2.45, 2.75) is 26.7 Å². The van der Waals surface area contributed by atoms with Gasteiger partial charge in [-0.05, 0) is 36.6 Å². The summed E-state index contributed by atoms with van der Waals surface area (Å²) in [6.45, 7) is 10.7. The van der Waals surface area contributed by atoms with Crippen molar-refractivity contribution >= 4 is 51.5 Å². The van der Waals surface area contributed by atoms with E-state index >= 15 is 4.39 Å². The average molecular weight is 631 g/mol. The number of pyridine rings is 3. The van der Waals surface area contributed by atoms with Crippen LogP contribution < -0.4 is 16.2 Å². The van der Waals surface area contributed by atoms with Crippen molar-refractivity contribution < 1.29 is 18.0 Å². The van der Waals surface area contributed by atoms with E-state index in [2.05, 4.69) is 16.5 Å². The molecule has 8 nitrogen and oxygen atoms in total.